The summed E-state index contributed by atoms with van der Waals surface area (Å²) in [5.74, 6) is -2.02. The number of piperazine rings is 1. The Morgan fingerprint density at radius 1 is 1.24 bits per heavy atom. The smallest absolute Gasteiger partial charge is 0.326 e. The maximum atomic E-state index is 12.0. The fourth-order valence-corrected chi connectivity index (χ4v) is 2.27. The molecule has 0 aromatic heterocycles. The molecule has 0 aliphatic carbocycles. The molecule has 0 bridgehead atoms. The van der Waals surface area contributed by atoms with Crippen molar-refractivity contribution < 1.29 is 19.5 Å². The molecule has 0 spiro atoms. The first-order chi connectivity index (χ1) is 9.85. The zero-order valence-electron chi connectivity index (χ0n) is 12.5. The van der Waals surface area contributed by atoms with Crippen LogP contribution in [0.1, 0.15) is 26.7 Å². The van der Waals surface area contributed by atoms with E-state index in [0.29, 0.717) is 19.1 Å². The van der Waals surface area contributed by atoms with Crippen LogP contribution in [-0.4, -0.2) is 71.1 Å². The van der Waals surface area contributed by atoms with Gasteiger partial charge in [0.2, 0.25) is 5.91 Å². The van der Waals surface area contributed by atoms with Crippen molar-refractivity contribution in [2.75, 3.05) is 26.2 Å². The van der Waals surface area contributed by atoms with Crippen molar-refractivity contribution >= 4 is 17.9 Å². The zero-order chi connectivity index (χ0) is 16.0. The van der Waals surface area contributed by atoms with Crippen molar-refractivity contribution in [3.05, 3.63) is 0 Å². The number of carbonyl (C=O) groups excluding carboxylic acids is 2. The number of nitrogens with zero attached hydrogens (tertiary/aromatic N) is 2. The third-order valence-corrected chi connectivity index (χ3v) is 3.82. The van der Waals surface area contributed by atoms with Gasteiger partial charge in [0.05, 0.1) is 6.42 Å². The van der Waals surface area contributed by atoms with Crippen LogP contribution in [0.3, 0.4) is 0 Å². The lowest BCUT2D eigenvalue weighted by Gasteiger charge is -2.38. The molecule has 0 saturated carbocycles. The molecule has 2 atom stereocenters. The van der Waals surface area contributed by atoms with Gasteiger partial charge in [-0.1, -0.05) is 6.92 Å². The van der Waals surface area contributed by atoms with Gasteiger partial charge in [-0.05, 0) is 13.3 Å². The highest BCUT2D eigenvalue weighted by molar-refractivity contribution is 5.87. The van der Waals surface area contributed by atoms with Crippen LogP contribution in [0.4, 0.5) is 4.79 Å². The molecule has 0 radical (unpaired) electrons. The zero-order valence-corrected chi connectivity index (χ0v) is 12.5. The second kappa shape index (κ2) is 7.82. The van der Waals surface area contributed by atoms with Crippen molar-refractivity contribution in [3.63, 3.8) is 0 Å². The first kappa shape index (κ1) is 17.2. The van der Waals surface area contributed by atoms with Crippen molar-refractivity contribution in [1.82, 2.24) is 15.1 Å². The summed E-state index contributed by atoms with van der Waals surface area (Å²) < 4.78 is 0. The van der Waals surface area contributed by atoms with Crippen LogP contribution >= 0.6 is 0 Å². The largest absolute Gasteiger partial charge is 0.480 e. The number of urea groups is 1. The number of nitrogens with one attached hydrogen (secondary N) is 1. The Morgan fingerprint density at radius 3 is 2.24 bits per heavy atom. The molecule has 1 heterocycles. The summed E-state index contributed by atoms with van der Waals surface area (Å²) >= 11 is 0. The molecule has 0 aromatic rings. The Kier molecular flexibility index (Phi) is 6.41. The van der Waals surface area contributed by atoms with E-state index in [1.807, 2.05) is 0 Å². The van der Waals surface area contributed by atoms with Gasteiger partial charge in [-0.2, -0.15) is 0 Å². The third-order valence-electron chi connectivity index (χ3n) is 3.82. The maximum Gasteiger partial charge on any atom is 0.326 e. The molecule has 4 N–H and O–H groups in total. The second-order valence-electron chi connectivity index (χ2n) is 5.29. The molecule has 1 saturated heterocycles. The van der Waals surface area contributed by atoms with Gasteiger partial charge in [-0.3, -0.25) is 9.69 Å². The number of primary amides is 1. The van der Waals surface area contributed by atoms with Crippen molar-refractivity contribution in [3.8, 4) is 0 Å². The second-order valence-corrected chi connectivity index (χ2v) is 5.29. The minimum atomic E-state index is -1.28. The van der Waals surface area contributed by atoms with E-state index in [9.17, 15) is 14.4 Å². The first-order valence-electron chi connectivity index (χ1n) is 7.15. The van der Waals surface area contributed by atoms with Gasteiger partial charge < -0.3 is 21.1 Å². The van der Waals surface area contributed by atoms with E-state index in [4.69, 9.17) is 10.8 Å². The van der Waals surface area contributed by atoms with E-state index in [0.717, 1.165) is 19.5 Å². The molecular formula is C13H24N4O4. The number of hydrogen-bond donors (Lipinski definition) is 3. The average molecular weight is 300 g/mol. The summed E-state index contributed by atoms with van der Waals surface area (Å²) in [6, 6.07) is -1.27. The quantitative estimate of drug-likeness (QED) is 0.608. The molecular weight excluding hydrogens is 276 g/mol. The highest BCUT2D eigenvalue weighted by Gasteiger charge is 2.27. The van der Waals surface area contributed by atoms with Crippen LogP contribution in [0.5, 0.6) is 0 Å². The van der Waals surface area contributed by atoms with Gasteiger partial charge in [0.1, 0.15) is 6.04 Å². The monoisotopic (exact) mass is 300 g/mol. The third kappa shape index (κ3) is 5.22. The Labute approximate surface area is 124 Å². The van der Waals surface area contributed by atoms with E-state index < -0.39 is 30.4 Å². The van der Waals surface area contributed by atoms with Gasteiger partial charge in [-0.15, -0.1) is 0 Å². The summed E-state index contributed by atoms with van der Waals surface area (Å²) in [7, 11) is 0. The molecule has 3 amide bonds. The van der Waals surface area contributed by atoms with Crippen molar-refractivity contribution in [2.24, 2.45) is 5.73 Å². The molecule has 1 aliphatic rings. The lowest BCUT2D eigenvalue weighted by atomic mass is 10.2. The molecule has 2 unspecified atom stereocenters. The number of hydrogen-bond acceptors (Lipinski definition) is 4. The summed E-state index contributed by atoms with van der Waals surface area (Å²) in [6.45, 7) is 6.86. The molecule has 1 aliphatic heterocycles. The van der Waals surface area contributed by atoms with Crippen LogP contribution in [-0.2, 0) is 9.59 Å². The van der Waals surface area contributed by atoms with E-state index >= 15 is 0 Å². The Hall–Kier alpha value is -1.83. The van der Waals surface area contributed by atoms with Crippen LogP contribution < -0.4 is 11.1 Å². The van der Waals surface area contributed by atoms with E-state index in [1.54, 1.807) is 4.90 Å². The molecule has 21 heavy (non-hydrogen) atoms. The van der Waals surface area contributed by atoms with Crippen molar-refractivity contribution in [2.45, 2.75) is 38.8 Å². The van der Waals surface area contributed by atoms with E-state index in [2.05, 4.69) is 24.1 Å². The highest BCUT2D eigenvalue weighted by Crippen LogP contribution is 2.09. The lowest BCUT2D eigenvalue weighted by Crippen LogP contribution is -2.56. The Balaban J connectivity index is 2.49. The topological polar surface area (TPSA) is 116 Å². The lowest BCUT2D eigenvalue weighted by molar-refractivity contribution is -0.141. The fourth-order valence-electron chi connectivity index (χ4n) is 2.27. The van der Waals surface area contributed by atoms with E-state index in [-0.39, 0.29) is 0 Å². The number of aliphatic carboxylic acids is 1. The summed E-state index contributed by atoms with van der Waals surface area (Å²) in [6.07, 6.45) is 0.639. The van der Waals surface area contributed by atoms with Crippen molar-refractivity contribution in [1.29, 1.82) is 0 Å². The molecule has 1 rings (SSSR count). The molecule has 8 heteroatoms. The number of carbonyl (C=O) groups is 3. The van der Waals surface area contributed by atoms with Gasteiger partial charge in [0.25, 0.3) is 0 Å². The average Bonchev–Trinajstić information content (AvgIpc) is 2.45. The normalized spacial score (nSPS) is 18.9. The predicted octanol–water partition coefficient (Wildman–Crippen LogP) is -0.559. The van der Waals surface area contributed by atoms with Gasteiger partial charge in [-0.25, -0.2) is 9.59 Å². The van der Waals surface area contributed by atoms with Gasteiger partial charge in [0.15, 0.2) is 0 Å². The minimum absolute atomic E-state index is 0.409. The van der Waals surface area contributed by atoms with Crippen LogP contribution in [0.2, 0.25) is 0 Å². The fraction of sp³-hybridized carbons (Fsp3) is 0.769. The molecule has 1 fully saturated rings. The SMILES string of the molecule is CCC(C)N1CCN(C(=O)NC(CC(N)=O)C(=O)O)CC1. The minimum Gasteiger partial charge on any atom is -0.480 e. The van der Waals surface area contributed by atoms with Crippen LogP contribution in [0.25, 0.3) is 0 Å². The number of amides is 3. The maximum absolute atomic E-state index is 12.0. The standard InChI is InChI=1S/C13H24N4O4/c1-3-9(2)16-4-6-17(7-5-16)13(21)15-10(12(19)20)8-11(14)18/h9-10H,3-8H2,1-2H3,(H2,14,18)(H,15,21)(H,19,20). The summed E-state index contributed by atoms with van der Waals surface area (Å²) in [5, 5.41) is 11.3. The highest BCUT2D eigenvalue weighted by atomic mass is 16.4. The van der Waals surface area contributed by atoms with Gasteiger partial charge >= 0.3 is 12.0 Å². The Morgan fingerprint density at radius 2 is 1.81 bits per heavy atom. The Bertz CT molecular complexity index is 394. The van der Waals surface area contributed by atoms with Gasteiger partial charge in [0, 0.05) is 32.2 Å². The van der Waals surface area contributed by atoms with Crippen LogP contribution in [0.15, 0.2) is 0 Å². The van der Waals surface area contributed by atoms with Crippen LogP contribution in [0, 0.1) is 0 Å². The first-order valence-corrected chi connectivity index (χ1v) is 7.15. The molecule has 0 aromatic carbocycles. The molecule has 8 nitrogen and oxygen atoms in total. The molecule has 120 valence electrons. The summed E-state index contributed by atoms with van der Waals surface area (Å²) in [4.78, 5) is 37.7. The van der Waals surface area contributed by atoms with E-state index in [1.165, 1.54) is 0 Å². The number of carboxylic acids is 1. The summed E-state index contributed by atoms with van der Waals surface area (Å²) in [5.41, 5.74) is 4.98. The number of carboxylic acid groups (broad SMARTS) is 1. The predicted molar refractivity (Wildman–Crippen MR) is 76.7 cm³/mol. The number of nitrogens with two attached hydrogens (primary N) is 1. The number of rotatable bonds is 6.